The summed E-state index contributed by atoms with van der Waals surface area (Å²) in [4.78, 5) is 6.38. The smallest absolute Gasteiger partial charge is 0.0931 e. The van der Waals surface area contributed by atoms with Crippen LogP contribution in [0.25, 0.3) is 0 Å². The van der Waals surface area contributed by atoms with Crippen molar-refractivity contribution in [3.63, 3.8) is 0 Å². The first-order chi connectivity index (χ1) is 9.78. The standard InChI is InChI=1S/C14H22ClN3OS/c15-14-2-1-13(20-14)12(9-16)18-4-3-11(10-18)17-5-7-19-8-6-17/h1-2,11-12H,3-10,16H2. The molecule has 2 unspecified atom stereocenters. The Kier molecular flexibility index (Phi) is 4.96. The molecule has 0 amide bonds. The zero-order valence-corrected chi connectivity index (χ0v) is 13.2. The average Bonchev–Trinajstić information content (AvgIpc) is 3.11. The minimum Gasteiger partial charge on any atom is -0.379 e. The highest BCUT2D eigenvalue weighted by Gasteiger charge is 2.32. The molecule has 0 radical (unpaired) electrons. The van der Waals surface area contributed by atoms with E-state index in [-0.39, 0.29) is 0 Å². The minimum absolute atomic E-state index is 0.318. The van der Waals surface area contributed by atoms with Gasteiger partial charge in [0.05, 0.1) is 23.6 Å². The summed E-state index contributed by atoms with van der Waals surface area (Å²) in [6, 6.07) is 5.06. The molecule has 0 bridgehead atoms. The van der Waals surface area contributed by atoms with E-state index in [1.165, 1.54) is 11.3 Å². The van der Waals surface area contributed by atoms with E-state index >= 15 is 0 Å². The highest BCUT2D eigenvalue weighted by molar-refractivity contribution is 7.16. The Morgan fingerprint density at radius 1 is 1.35 bits per heavy atom. The van der Waals surface area contributed by atoms with E-state index in [0.717, 1.165) is 43.7 Å². The molecule has 20 heavy (non-hydrogen) atoms. The third kappa shape index (κ3) is 3.18. The van der Waals surface area contributed by atoms with Gasteiger partial charge in [-0.25, -0.2) is 0 Å². The van der Waals surface area contributed by atoms with Gasteiger partial charge in [-0.1, -0.05) is 11.6 Å². The molecule has 1 aromatic heterocycles. The van der Waals surface area contributed by atoms with Crippen LogP contribution in [-0.2, 0) is 4.74 Å². The second-order valence-electron chi connectivity index (χ2n) is 5.48. The Morgan fingerprint density at radius 2 is 2.15 bits per heavy atom. The van der Waals surface area contributed by atoms with E-state index in [1.807, 2.05) is 6.07 Å². The maximum absolute atomic E-state index is 6.06. The minimum atomic E-state index is 0.318. The molecule has 2 fully saturated rings. The van der Waals surface area contributed by atoms with Gasteiger partial charge in [0, 0.05) is 43.6 Å². The molecule has 0 saturated carbocycles. The molecule has 3 heterocycles. The molecule has 2 saturated heterocycles. The number of likely N-dealkylation sites (tertiary alicyclic amines) is 1. The Bertz CT molecular complexity index is 436. The van der Waals surface area contributed by atoms with Crippen molar-refractivity contribution in [2.45, 2.75) is 18.5 Å². The van der Waals surface area contributed by atoms with Gasteiger partial charge in [0.2, 0.25) is 0 Å². The highest BCUT2D eigenvalue weighted by atomic mass is 35.5. The fourth-order valence-electron chi connectivity index (χ4n) is 3.24. The van der Waals surface area contributed by atoms with Crippen molar-refractivity contribution in [1.82, 2.24) is 9.80 Å². The lowest BCUT2D eigenvalue weighted by Crippen LogP contribution is -2.45. The number of thiophene rings is 1. The van der Waals surface area contributed by atoms with Crippen LogP contribution < -0.4 is 5.73 Å². The molecule has 6 heteroatoms. The van der Waals surface area contributed by atoms with Gasteiger partial charge in [-0.15, -0.1) is 11.3 Å². The van der Waals surface area contributed by atoms with Crippen LogP contribution in [0.1, 0.15) is 17.3 Å². The van der Waals surface area contributed by atoms with Crippen molar-refractivity contribution in [2.24, 2.45) is 5.73 Å². The zero-order chi connectivity index (χ0) is 13.9. The van der Waals surface area contributed by atoms with Crippen molar-refractivity contribution in [3.8, 4) is 0 Å². The number of hydrogen-bond acceptors (Lipinski definition) is 5. The van der Waals surface area contributed by atoms with Crippen LogP contribution in [0.3, 0.4) is 0 Å². The number of ether oxygens (including phenoxy) is 1. The lowest BCUT2D eigenvalue weighted by molar-refractivity contribution is 0.0177. The average molecular weight is 316 g/mol. The van der Waals surface area contributed by atoms with Crippen molar-refractivity contribution >= 4 is 22.9 Å². The summed E-state index contributed by atoms with van der Waals surface area (Å²) in [5.74, 6) is 0. The van der Waals surface area contributed by atoms with E-state index in [9.17, 15) is 0 Å². The van der Waals surface area contributed by atoms with Gasteiger partial charge in [-0.05, 0) is 18.6 Å². The van der Waals surface area contributed by atoms with Gasteiger partial charge in [0.15, 0.2) is 0 Å². The van der Waals surface area contributed by atoms with E-state index in [4.69, 9.17) is 22.1 Å². The molecule has 0 aliphatic carbocycles. The van der Waals surface area contributed by atoms with E-state index < -0.39 is 0 Å². The molecule has 2 N–H and O–H groups in total. The summed E-state index contributed by atoms with van der Waals surface area (Å²) >= 11 is 7.71. The van der Waals surface area contributed by atoms with Crippen molar-refractivity contribution in [1.29, 1.82) is 0 Å². The molecule has 2 atom stereocenters. The van der Waals surface area contributed by atoms with Crippen LogP contribution in [-0.4, -0.2) is 61.8 Å². The second kappa shape index (κ2) is 6.73. The van der Waals surface area contributed by atoms with Crippen LogP contribution in [0.4, 0.5) is 0 Å². The molecule has 1 aromatic rings. The van der Waals surface area contributed by atoms with Crippen molar-refractivity contribution in [2.75, 3.05) is 45.9 Å². The first kappa shape index (κ1) is 14.8. The van der Waals surface area contributed by atoms with Crippen LogP contribution in [0.2, 0.25) is 4.34 Å². The maximum atomic E-state index is 6.06. The van der Waals surface area contributed by atoms with Gasteiger partial charge >= 0.3 is 0 Å². The van der Waals surface area contributed by atoms with Gasteiger partial charge in [-0.2, -0.15) is 0 Å². The fourth-order valence-corrected chi connectivity index (χ4v) is 4.45. The maximum Gasteiger partial charge on any atom is 0.0931 e. The first-order valence-electron chi connectivity index (χ1n) is 7.29. The van der Waals surface area contributed by atoms with Crippen LogP contribution in [0.5, 0.6) is 0 Å². The fraction of sp³-hybridized carbons (Fsp3) is 0.714. The molecule has 3 rings (SSSR count). The SMILES string of the molecule is NCC(c1ccc(Cl)s1)N1CCC(N2CCOCC2)C1. The normalized spacial score (nSPS) is 27.0. The Labute approximate surface area is 129 Å². The van der Waals surface area contributed by atoms with Crippen LogP contribution in [0.15, 0.2) is 12.1 Å². The van der Waals surface area contributed by atoms with Gasteiger partial charge < -0.3 is 10.5 Å². The summed E-state index contributed by atoms with van der Waals surface area (Å²) in [6.45, 7) is 6.77. The molecule has 0 spiro atoms. The third-order valence-electron chi connectivity index (χ3n) is 4.34. The number of halogens is 1. The summed E-state index contributed by atoms with van der Waals surface area (Å²) in [5.41, 5.74) is 6.01. The number of nitrogens with two attached hydrogens (primary N) is 1. The van der Waals surface area contributed by atoms with Gasteiger partial charge in [0.25, 0.3) is 0 Å². The molecule has 112 valence electrons. The second-order valence-corrected chi connectivity index (χ2v) is 7.23. The molecule has 0 aromatic carbocycles. The van der Waals surface area contributed by atoms with Gasteiger partial charge in [-0.3, -0.25) is 9.80 Å². The molecule has 2 aliphatic heterocycles. The van der Waals surface area contributed by atoms with Crippen molar-refractivity contribution in [3.05, 3.63) is 21.3 Å². The predicted octanol–water partition coefficient (Wildman–Crippen LogP) is 1.81. The van der Waals surface area contributed by atoms with E-state index in [0.29, 0.717) is 18.6 Å². The zero-order valence-electron chi connectivity index (χ0n) is 11.6. The quantitative estimate of drug-likeness (QED) is 0.920. The monoisotopic (exact) mass is 315 g/mol. The summed E-state index contributed by atoms with van der Waals surface area (Å²) < 4.78 is 6.29. The third-order valence-corrected chi connectivity index (χ3v) is 5.68. The lowest BCUT2D eigenvalue weighted by Gasteiger charge is -2.33. The number of morpholine rings is 1. The Morgan fingerprint density at radius 3 is 2.80 bits per heavy atom. The molecular formula is C14H22ClN3OS. The number of hydrogen-bond donors (Lipinski definition) is 1. The van der Waals surface area contributed by atoms with Crippen LogP contribution in [0, 0.1) is 0 Å². The van der Waals surface area contributed by atoms with Crippen LogP contribution >= 0.6 is 22.9 Å². The number of nitrogens with zero attached hydrogens (tertiary/aromatic N) is 2. The lowest BCUT2D eigenvalue weighted by atomic mass is 10.2. The largest absolute Gasteiger partial charge is 0.379 e. The van der Waals surface area contributed by atoms with Crippen molar-refractivity contribution < 1.29 is 4.74 Å². The topological polar surface area (TPSA) is 41.7 Å². The highest BCUT2D eigenvalue weighted by Crippen LogP contribution is 2.32. The molecular weight excluding hydrogens is 294 g/mol. The van der Waals surface area contributed by atoms with E-state index in [1.54, 1.807) is 11.3 Å². The predicted molar refractivity (Wildman–Crippen MR) is 83.5 cm³/mol. The number of rotatable bonds is 4. The summed E-state index contributed by atoms with van der Waals surface area (Å²) in [5, 5.41) is 0. The first-order valence-corrected chi connectivity index (χ1v) is 8.48. The summed E-state index contributed by atoms with van der Waals surface area (Å²) in [6.07, 6.45) is 1.23. The Balaban J connectivity index is 1.62. The Hall–Kier alpha value is -0.170. The molecule has 4 nitrogen and oxygen atoms in total. The summed E-state index contributed by atoms with van der Waals surface area (Å²) in [7, 11) is 0. The van der Waals surface area contributed by atoms with E-state index in [2.05, 4.69) is 15.9 Å². The molecule has 2 aliphatic rings. The van der Waals surface area contributed by atoms with Gasteiger partial charge in [0.1, 0.15) is 0 Å².